The molecule has 1 rings (SSSR count). The van der Waals surface area contributed by atoms with E-state index in [1.165, 1.54) is 0 Å². The van der Waals surface area contributed by atoms with Crippen molar-refractivity contribution < 1.29 is 4.79 Å². The van der Waals surface area contributed by atoms with Crippen molar-refractivity contribution in [3.63, 3.8) is 0 Å². The quantitative estimate of drug-likeness (QED) is 0.720. The number of rotatable bonds is 8. The molecule has 4 heteroatoms. The summed E-state index contributed by atoms with van der Waals surface area (Å²) >= 11 is 5.90. The summed E-state index contributed by atoms with van der Waals surface area (Å²) in [6.07, 6.45) is 1.34. The molecule has 0 spiro atoms. The lowest BCUT2D eigenvalue weighted by Gasteiger charge is -2.08. The Morgan fingerprint density at radius 2 is 2.11 bits per heavy atom. The fourth-order valence-corrected chi connectivity index (χ4v) is 1.93. The summed E-state index contributed by atoms with van der Waals surface area (Å²) in [6.45, 7) is 6.65. The normalized spacial score (nSPS) is 10.7. The molecular formula is C15H23ClN2O. The van der Waals surface area contributed by atoms with Crippen LogP contribution in [-0.2, 0) is 11.2 Å². The third-order valence-corrected chi connectivity index (χ3v) is 2.94. The van der Waals surface area contributed by atoms with Crippen LogP contribution in [0, 0.1) is 5.92 Å². The Labute approximate surface area is 120 Å². The summed E-state index contributed by atoms with van der Waals surface area (Å²) in [5.74, 6) is 0.712. The van der Waals surface area contributed by atoms with E-state index in [4.69, 9.17) is 11.6 Å². The van der Waals surface area contributed by atoms with Crippen LogP contribution in [0.2, 0.25) is 5.02 Å². The Morgan fingerprint density at radius 1 is 1.32 bits per heavy atom. The van der Waals surface area contributed by atoms with Crippen LogP contribution in [-0.4, -0.2) is 25.5 Å². The van der Waals surface area contributed by atoms with Crippen molar-refractivity contribution in [3.05, 3.63) is 34.9 Å². The van der Waals surface area contributed by atoms with Crippen molar-refractivity contribution in [3.8, 4) is 0 Å². The Kier molecular flexibility index (Phi) is 7.53. The second-order valence-electron chi connectivity index (χ2n) is 5.08. The van der Waals surface area contributed by atoms with E-state index in [9.17, 15) is 4.79 Å². The van der Waals surface area contributed by atoms with Crippen molar-refractivity contribution in [1.82, 2.24) is 10.6 Å². The third-order valence-electron chi connectivity index (χ3n) is 2.71. The average Bonchev–Trinajstić information content (AvgIpc) is 2.34. The standard InChI is InChI=1S/C15H23ClN2O/c1-12(2)11-17-8-7-15(19)18-9-6-13-4-3-5-14(16)10-13/h3-5,10,12,17H,6-9,11H2,1-2H3,(H,18,19). The molecule has 2 N–H and O–H groups in total. The predicted molar refractivity (Wildman–Crippen MR) is 80.5 cm³/mol. The molecule has 1 aromatic rings. The van der Waals surface area contributed by atoms with Gasteiger partial charge in [0.2, 0.25) is 5.91 Å². The number of amides is 1. The van der Waals surface area contributed by atoms with Gasteiger partial charge in [-0.05, 0) is 36.6 Å². The van der Waals surface area contributed by atoms with E-state index in [0.717, 1.165) is 30.1 Å². The molecule has 0 aliphatic carbocycles. The van der Waals surface area contributed by atoms with E-state index in [2.05, 4.69) is 24.5 Å². The Balaban J connectivity index is 2.10. The number of carbonyl (C=O) groups is 1. The molecule has 0 fully saturated rings. The molecular weight excluding hydrogens is 260 g/mol. The van der Waals surface area contributed by atoms with Gasteiger partial charge in [-0.1, -0.05) is 37.6 Å². The number of benzene rings is 1. The lowest BCUT2D eigenvalue weighted by atomic mass is 10.1. The molecule has 0 aromatic heterocycles. The van der Waals surface area contributed by atoms with E-state index in [1.807, 2.05) is 24.3 Å². The second kappa shape index (κ2) is 8.94. The molecule has 0 aliphatic rings. The summed E-state index contributed by atoms with van der Waals surface area (Å²) in [7, 11) is 0. The maximum atomic E-state index is 11.6. The van der Waals surface area contributed by atoms with Crippen LogP contribution in [0.1, 0.15) is 25.8 Å². The van der Waals surface area contributed by atoms with Crippen molar-refractivity contribution in [2.24, 2.45) is 5.92 Å². The Morgan fingerprint density at radius 3 is 2.79 bits per heavy atom. The summed E-state index contributed by atoms with van der Waals surface area (Å²) in [4.78, 5) is 11.6. The first-order valence-corrected chi connectivity index (χ1v) is 7.17. The monoisotopic (exact) mass is 282 g/mol. The van der Waals surface area contributed by atoms with Crippen molar-refractivity contribution in [2.45, 2.75) is 26.7 Å². The summed E-state index contributed by atoms with van der Waals surface area (Å²) in [5.41, 5.74) is 1.14. The Hall–Kier alpha value is -1.06. The molecule has 1 amide bonds. The first-order valence-electron chi connectivity index (χ1n) is 6.80. The zero-order chi connectivity index (χ0) is 14.1. The minimum atomic E-state index is 0.0956. The van der Waals surface area contributed by atoms with E-state index >= 15 is 0 Å². The van der Waals surface area contributed by atoms with Gasteiger partial charge in [0, 0.05) is 24.5 Å². The van der Waals surface area contributed by atoms with Gasteiger partial charge < -0.3 is 10.6 Å². The molecule has 0 saturated carbocycles. The van der Waals surface area contributed by atoms with Gasteiger partial charge >= 0.3 is 0 Å². The minimum Gasteiger partial charge on any atom is -0.356 e. The minimum absolute atomic E-state index is 0.0956. The van der Waals surface area contributed by atoms with Crippen LogP contribution >= 0.6 is 11.6 Å². The van der Waals surface area contributed by atoms with E-state index in [-0.39, 0.29) is 5.91 Å². The molecule has 0 unspecified atom stereocenters. The molecule has 0 aliphatic heterocycles. The van der Waals surface area contributed by atoms with E-state index < -0.39 is 0 Å². The number of carbonyl (C=O) groups excluding carboxylic acids is 1. The average molecular weight is 283 g/mol. The van der Waals surface area contributed by atoms with Crippen molar-refractivity contribution in [1.29, 1.82) is 0 Å². The SMILES string of the molecule is CC(C)CNCCC(=O)NCCc1cccc(Cl)c1. The van der Waals surface area contributed by atoms with Crippen molar-refractivity contribution in [2.75, 3.05) is 19.6 Å². The molecule has 1 aromatic carbocycles. The molecule has 0 radical (unpaired) electrons. The number of halogens is 1. The lowest BCUT2D eigenvalue weighted by Crippen LogP contribution is -2.30. The first kappa shape index (κ1) is 16.0. The van der Waals surface area contributed by atoms with Gasteiger partial charge in [-0.25, -0.2) is 0 Å². The van der Waals surface area contributed by atoms with Gasteiger partial charge in [0.15, 0.2) is 0 Å². The number of hydrogen-bond donors (Lipinski definition) is 2. The lowest BCUT2D eigenvalue weighted by molar-refractivity contribution is -0.120. The number of hydrogen-bond acceptors (Lipinski definition) is 2. The summed E-state index contributed by atoms with van der Waals surface area (Å²) in [5, 5.41) is 6.91. The zero-order valence-corrected chi connectivity index (χ0v) is 12.5. The van der Waals surface area contributed by atoms with Crippen molar-refractivity contribution >= 4 is 17.5 Å². The first-order chi connectivity index (χ1) is 9.08. The molecule has 0 heterocycles. The van der Waals surface area contributed by atoms with Crippen LogP contribution in [0.25, 0.3) is 0 Å². The molecule has 3 nitrogen and oxygen atoms in total. The predicted octanol–water partition coefficient (Wildman–Crippen LogP) is 2.63. The van der Waals surface area contributed by atoms with E-state index in [0.29, 0.717) is 18.9 Å². The highest BCUT2D eigenvalue weighted by molar-refractivity contribution is 6.30. The zero-order valence-electron chi connectivity index (χ0n) is 11.7. The van der Waals surface area contributed by atoms with Gasteiger partial charge in [-0.15, -0.1) is 0 Å². The highest BCUT2D eigenvalue weighted by Gasteiger charge is 2.01. The molecule has 106 valence electrons. The van der Waals surface area contributed by atoms with Gasteiger partial charge in [0.25, 0.3) is 0 Å². The van der Waals surface area contributed by atoms with Crippen LogP contribution in [0.3, 0.4) is 0 Å². The summed E-state index contributed by atoms with van der Waals surface area (Å²) < 4.78 is 0. The number of nitrogens with one attached hydrogen (secondary N) is 2. The van der Waals surface area contributed by atoms with Crippen LogP contribution in [0.15, 0.2) is 24.3 Å². The maximum absolute atomic E-state index is 11.6. The molecule has 0 atom stereocenters. The van der Waals surface area contributed by atoms with Crippen LogP contribution < -0.4 is 10.6 Å². The van der Waals surface area contributed by atoms with Gasteiger partial charge in [-0.3, -0.25) is 4.79 Å². The molecule has 19 heavy (non-hydrogen) atoms. The Bertz CT molecular complexity index is 393. The van der Waals surface area contributed by atoms with E-state index in [1.54, 1.807) is 0 Å². The smallest absolute Gasteiger partial charge is 0.221 e. The molecule has 0 bridgehead atoms. The largest absolute Gasteiger partial charge is 0.356 e. The highest BCUT2D eigenvalue weighted by atomic mass is 35.5. The fraction of sp³-hybridized carbons (Fsp3) is 0.533. The molecule has 0 saturated heterocycles. The van der Waals surface area contributed by atoms with Gasteiger partial charge in [0.05, 0.1) is 0 Å². The fourth-order valence-electron chi connectivity index (χ4n) is 1.72. The van der Waals surface area contributed by atoms with Crippen LogP contribution in [0.5, 0.6) is 0 Å². The topological polar surface area (TPSA) is 41.1 Å². The van der Waals surface area contributed by atoms with Gasteiger partial charge in [-0.2, -0.15) is 0 Å². The van der Waals surface area contributed by atoms with Crippen LogP contribution in [0.4, 0.5) is 0 Å². The maximum Gasteiger partial charge on any atom is 0.221 e. The highest BCUT2D eigenvalue weighted by Crippen LogP contribution is 2.10. The van der Waals surface area contributed by atoms with Gasteiger partial charge in [0.1, 0.15) is 0 Å². The summed E-state index contributed by atoms with van der Waals surface area (Å²) in [6, 6.07) is 7.72. The second-order valence-corrected chi connectivity index (χ2v) is 5.51. The third kappa shape index (κ3) is 7.85.